The summed E-state index contributed by atoms with van der Waals surface area (Å²) in [4.78, 5) is 99.1. The summed E-state index contributed by atoms with van der Waals surface area (Å²) in [5, 5.41) is 6.10. The van der Waals surface area contributed by atoms with Crippen LogP contribution in [0.1, 0.15) is 126 Å². The van der Waals surface area contributed by atoms with E-state index in [4.69, 9.17) is 9.72 Å². The molecule has 1 saturated carbocycles. The highest BCUT2D eigenvalue weighted by Gasteiger charge is 2.46. The summed E-state index contributed by atoms with van der Waals surface area (Å²) in [7, 11) is 0. The predicted octanol–water partition coefficient (Wildman–Crippen LogP) is 5.70. The number of piperidine rings is 1. The van der Waals surface area contributed by atoms with Gasteiger partial charge in [-0.2, -0.15) is 4.98 Å². The molecule has 290 valence electrons. The van der Waals surface area contributed by atoms with E-state index in [1.54, 1.807) is 29.8 Å². The molecule has 1 unspecified atom stereocenters. The number of pyridine rings is 1. The molecule has 56 heavy (non-hydrogen) atoms. The molecule has 2 fully saturated rings. The maximum atomic E-state index is 13.5. The number of Topliss-reactive ketones (excluding diaryl/α,β-unsaturated/α-hetero) is 2. The van der Waals surface area contributed by atoms with E-state index in [1.807, 2.05) is 24.3 Å². The first-order valence-electron chi connectivity index (χ1n) is 19.3. The lowest BCUT2D eigenvalue weighted by atomic mass is 10.0. The lowest BCUT2D eigenvalue weighted by Crippen LogP contribution is -2.54. The zero-order chi connectivity index (χ0) is 39.5. The number of ketones is 2. The number of aromatic nitrogens is 3. The average Bonchev–Trinajstić information content (AvgIpc) is 3.78. The third-order valence-electron chi connectivity index (χ3n) is 10.9. The topological polar surface area (TPSA) is 187 Å². The fourth-order valence-corrected chi connectivity index (χ4v) is 8.02. The molecule has 4 heterocycles. The molecule has 0 bridgehead atoms. The molecule has 2 N–H and O–H groups in total. The number of unbranched alkanes of at least 4 members (excludes halogenated alkanes) is 3. The zero-order valence-electron chi connectivity index (χ0n) is 31.5. The number of carbonyl (C=O) groups excluding carboxylic acids is 6. The quantitative estimate of drug-likeness (QED) is 0.0860. The second-order valence-electron chi connectivity index (χ2n) is 14.8. The molecule has 14 nitrogen and oxygen atoms in total. The van der Waals surface area contributed by atoms with Gasteiger partial charge in [-0.05, 0) is 81.3 Å². The molecule has 1 aliphatic carbocycles. The van der Waals surface area contributed by atoms with E-state index < -0.39 is 29.7 Å². The van der Waals surface area contributed by atoms with Crippen LogP contribution in [0.4, 0.5) is 11.6 Å². The zero-order valence-corrected chi connectivity index (χ0v) is 31.5. The van der Waals surface area contributed by atoms with E-state index in [-0.39, 0.29) is 58.4 Å². The Morgan fingerprint density at radius 1 is 0.929 bits per heavy atom. The number of hydrogen-bond donors (Lipinski definition) is 2. The van der Waals surface area contributed by atoms with Crippen LogP contribution in [-0.2, 0) is 20.8 Å². The van der Waals surface area contributed by atoms with Crippen LogP contribution < -0.4 is 20.9 Å². The molecule has 14 heteroatoms. The number of amides is 4. The van der Waals surface area contributed by atoms with Gasteiger partial charge in [-0.25, -0.2) is 4.98 Å². The summed E-state index contributed by atoms with van der Waals surface area (Å²) in [5.74, 6) is -1.79. The summed E-state index contributed by atoms with van der Waals surface area (Å²) in [5.41, 5.74) is 2.93. The highest BCUT2D eigenvalue weighted by Crippen LogP contribution is 2.34. The van der Waals surface area contributed by atoms with E-state index >= 15 is 0 Å². The van der Waals surface area contributed by atoms with Crippen molar-refractivity contribution in [1.82, 2.24) is 24.8 Å². The molecule has 2 aromatic carbocycles. The van der Waals surface area contributed by atoms with E-state index in [1.165, 1.54) is 13.0 Å². The molecular weight excluding hydrogens is 716 g/mol. The van der Waals surface area contributed by atoms with E-state index in [2.05, 4.69) is 15.6 Å². The monoisotopic (exact) mass is 760 g/mol. The van der Waals surface area contributed by atoms with Crippen molar-refractivity contribution in [3.63, 3.8) is 0 Å². The molecule has 4 aromatic rings. The summed E-state index contributed by atoms with van der Waals surface area (Å²) >= 11 is 0. The predicted molar refractivity (Wildman–Crippen MR) is 206 cm³/mol. The standard InChI is InChI=1S/C42H44N6O8/c1-24-31-23-43-42(46-37(31)47(28-10-6-7-11-28)40(54)35(24)25(2)49)44-27-17-15-26(16-18-27)22-29(50)12-5-3-4-8-21-56-33-14-9-13-30-36(33)41(55)48(39(30)53)32-19-20-34(51)45-38(32)52/h9,13-18,23,28,32H,3-8,10-12,19-22H2,1-2H3,(H,43,44,46)(H,45,51,52). The van der Waals surface area contributed by atoms with Crippen molar-refractivity contribution in [1.29, 1.82) is 0 Å². The number of nitrogens with zero attached hydrogens (tertiary/aromatic N) is 4. The van der Waals surface area contributed by atoms with Gasteiger partial charge < -0.3 is 10.1 Å². The van der Waals surface area contributed by atoms with Crippen molar-refractivity contribution >= 4 is 57.9 Å². The van der Waals surface area contributed by atoms with Crippen LogP contribution in [0, 0.1) is 6.92 Å². The van der Waals surface area contributed by atoms with Gasteiger partial charge in [-0.15, -0.1) is 0 Å². The summed E-state index contributed by atoms with van der Waals surface area (Å²) in [6, 6.07) is 11.2. The molecule has 1 atom stereocenters. The van der Waals surface area contributed by atoms with Gasteiger partial charge in [-0.3, -0.25) is 48.3 Å². The maximum absolute atomic E-state index is 13.5. The Morgan fingerprint density at radius 3 is 2.41 bits per heavy atom. The third-order valence-corrected chi connectivity index (χ3v) is 10.9. The number of imide groups is 2. The van der Waals surface area contributed by atoms with Gasteiger partial charge in [-0.1, -0.05) is 43.9 Å². The van der Waals surface area contributed by atoms with Crippen molar-refractivity contribution in [3.05, 3.63) is 86.8 Å². The van der Waals surface area contributed by atoms with Crippen LogP contribution in [0.3, 0.4) is 0 Å². The molecular formula is C42H44N6O8. The van der Waals surface area contributed by atoms with Crippen LogP contribution in [0.2, 0.25) is 0 Å². The first kappa shape index (κ1) is 38.2. The van der Waals surface area contributed by atoms with Crippen LogP contribution in [-0.4, -0.2) is 67.3 Å². The molecule has 3 aliphatic rings. The van der Waals surface area contributed by atoms with Crippen molar-refractivity contribution in [2.45, 2.75) is 103 Å². The number of ether oxygens (including phenoxy) is 1. The molecule has 7 rings (SSSR count). The molecule has 2 aliphatic heterocycles. The Bertz CT molecular complexity index is 2310. The number of fused-ring (bicyclic) bond motifs is 2. The van der Waals surface area contributed by atoms with Gasteiger partial charge in [0, 0.05) is 42.6 Å². The Kier molecular flexibility index (Phi) is 11.2. The fourth-order valence-electron chi connectivity index (χ4n) is 8.02. The average molecular weight is 761 g/mol. The molecule has 0 spiro atoms. The molecule has 4 amide bonds. The van der Waals surface area contributed by atoms with Crippen molar-refractivity contribution in [2.24, 2.45) is 0 Å². The highest BCUT2D eigenvalue weighted by molar-refractivity contribution is 6.24. The summed E-state index contributed by atoms with van der Waals surface area (Å²) in [6.07, 6.45) is 9.35. The first-order chi connectivity index (χ1) is 27.0. The van der Waals surface area contributed by atoms with Gasteiger partial charge in [0.1, 0.15) is 23.2 Å². The minimum absolute atomic E-state index is 0.0110. The van der Waals surface area contributed by atoms with Crippen LogP contribution in [0.25, 0.3) is 11.0 Å². The maximum Gasteiger partial charge on any atom is 0.266 e. The fraction of sp³-hybridized carbons (Fsp3) is 0.405. The first-order valence-corrected chi connectivity index (χ1v) is 19.3. The molecule has 2 aromatic heterocycles. The second-order valence-corrected chi connectivity index (χ2v) is 14.8. The van der Waals surface area contributed by atoms with Gasteiger partial charge in [0.25, 0.3) is 17.4 Å². The van der Waals surface area contributed by atoms with Crippen molar-refractivity contribution in [2.75, 3.05) is 11.9 Å². The highest BCUT2D eigenvalue weighted by atomic mass is 16.5. The number of carbonyl (C=O) groups is 6. The lowest BCUT2D eigenvalue weighted by Gasteiger charge is -2.27. The summed E-state index contributed by atoms with van der Waals surface area (Å²) in [6.45, 7) is 3.50. The Labute approximate surface area is 323 Å². The number of nitrogens with one attached hydrogen (secondary N) is 2. The van der Waals surface area contributed by atoms with Gasteiger partial charge in [0.2, 0.25) is 17.8 Å². The number of rotatable bonds is 15. The Balaban J connectivity index is 0.868. The minimum atomic E-state index is -1.04. The number of hydrogen-bond acceptors (Lipinski definition) is 11. The number of benzene rings is 2. The van der Waals surface area contributed by atoms with Crippen LogP contribution in [0.5, 0.6) is 5.75 Å². The SMILES string of the molecule is CC(=O)c1c(C)c2cnc(Nc3ccc(CC(=O)CCCCCCOc4cccc5c4C(=O)N(C4CCC(=O)NC4=O)C5=O)cc3)nc2n(C2CCCC2)c1=O. The van der Waals surface area contributed by atoms with E-state index in [9.17, 15) is 33.6 Å². The van der Waals surface area contributed by atoms with Crippen LogP contribution in [0.15, 0.2) is 53.5 Å². The lowest BCUT2D eigenvalue weighted by molar-refractivity contribution is -0.136. The van der Waals surface area contributed by atoms with Crippen LogP contribution >= 0.6 is 0 Å². The largest absolute Gasteiger partial charge is 0.493 e. The number of aryl methyl sites for hydroxylation is 1. The number of anilines is 2. The van der Waals surface area contributed by atoms with E-state index in [0.717, 1.165) is 61.1 Å². The Hall–Kier alpha value is -6.05. The molecule has 1 saturated heterocycles. The van der Waals surface area contributed by atoms with Gasteiger partial charge in [0.15, 0.2) is 5.78 Å². The van der Waals surface area contributed by atoms with Gasteiger partial charge in [0.05, 0.1) is 23.3 Å². The second kappa shape index (κ2) is 16.4. The smallest absolute Gasteiger partial charge is 0.266 e. The Morgan fingerprint density at radius 2 is 1.68 bits per heavy atom. The van der Waals surface area contributed by atoms with Crippen molar-refractivity contribution in [3.8, 4) is 5.75 Å². The summed E-state index contributed by atoms with van der Waals surface area (Å²) < 4.78 is 7.59. The normalized spacial score (nSPS) is 17.0. The van der Waals surface area contributed by atoms with Gasteiger partial charge >= 0.3 is 0 Å². The molecule has 0 radical (unpaired) electrons. The third kappa shape index (κ3) is 7.73. The van der Waals surface area contributed by atoms with Crippen molar-refractivity contribution < 1.29 is 33.5 Å². The minimum Gasteiger partial charge on any atom is -0.493 e. The van der Waals surface area contributed by atoms with E-state index in [0.29, 0.717) is 48.4 Å².